The van der Waals surface area contributed by atoms with Crippen LogP contribution in [0, 0.1) is 0 Å². The van der Waals surface area contributed by atoms with Crippen molar-refractivity contribution in [1.82, 2.24) is 10.4 Å². The van der Waals surface area contributed by atoms with E-state index in [0.29, 0.717) is 0 Å². The fourth-order valence-corrected chi connectivity index (χ4v) is 0.177. The highest BCUT2D eigenvalue weighted by Crippen LogP contribution is 1.51. The van der Waals surface area contributed by atoms with E-state index in [-0.39, 0.29) is 0 Å². The molecule has 4 nitrogen and oxygen atoms in total. The number of aromatic nitrogens is 2. The fraction of sp³-hybridized carbons (Fsp3) is 0. The number of hydrogen-bond acceptors (Lipinski definition) is 3. The Morgan fingerprint density at radius 2 is 2.83 bits per heavy atom. The van der Waals surface area contributed by atoms with Gasteiger partial charge in [0.2, 0.25) is 0 Å². The maximum absolute atomic E-state index is 9.81. The minimum absolute atomic E-state index is 0.449. The predicted octanol–water partition coefficient (Wildman–Crippen LogP) is -0.637. The molecule has 0 amide bonds. The zero-order chi connectivity index (χ0) is 4.41. The molecule has 0 aliphatic carbocycles. The number of nitrogens with zero attached hydrogens (tertiary/aromatic N) is 1. The molecule has 0 aliphatic heterocycles. The lowest BCUT2D eigenvalue weighted by atomic mass is 11.0. The van der Waals surface area contributed by atoms with Crippen molar-refractivity contribution >= 4 is 0 Å². The van der Waals surface area contributed by atoms with Gasteiger partial charge in [-0.3, -0.25) is 0 Å². The zero-order valence-corrected chi connectivity index (χ0v) is 2.84. The molecule has 1 rings (SSSR count). The third-order valence-corrected chi connectivity index (χ3v) is 0.369. The van der Waals surface area contributed by atoms with Gasteiger partial charge in [-0.2, -0.15) is 0 Å². The van der Waals surface area contributed by atoms with Crippen LogP contribution in [-0.4, -0.2) is 10.4 Å². The van der Waals surface area contributed by atoms with Crippen LogP contribution < -0.4 is 5.63 Å². The van der Waals surface area contributed by atoms with Crippen LogP contribution in [0.25, 0.3) is 0 Å². The monoisotopic (exact) mass is 86.0 g/mol. The van der Waals surface area contributed by atoms with E-state index < -0.39 is 5.63 Å². The van der Waals surface area contributed by atoms with E-state index in [2.05, 4.69) is 9.62 Å². The molecular weight excluding hydrogens is 84.0 g/mol. The molecule has 0 spiro atoms. The highest BCUT2D eigenvalue weighted by atomic mass is 16.5. The summed E-state index contributed by atoms with van der Waals surface area (Å²) in [7, 11) is 0. The van der Waals surface area contributed by atoms with Gasteiger partial charge >= 0.3 is 5.63 Å². The second-order valence-electron chi connectivity index (χ2n) is 0.771. The van der Waals surface area contributed by atoms with Gasteiger partial charge in [-0.05, 0) is 0 Å². The van der Waals surface area contributed by atoms with Crippen molar-refractivity contribution < 1.29 is 4.52 Å². The maximum atomic E-state index is 9.81. The van der Waals surface area contributed by atoms with Gasteiger partial charge in [0.15, 0.2) is 0 Å². The number of aromatic amines is 1. The van der Waals surface area contributed by atoms with Crippen molar-refractivity contribution in [2.24, 2.45) is 0 Å². The summed E-state index contributed by atoms with van der Waals surface area (Å²) in [6.07, 6.45) is 1.06. The van der Waals surface area contributed by atoms with Gasteiger partial charge in [0.05, 0.1) is 0 Å². The van der Waals surface area contributed by atoms with E-state index >= 15 is 0 Å². The summed E-state index contributed by atoms with van der Waals surface area (Å²) in [5, 5.41) is 5.21. The van der Waals surface area contributed by atoms with Gasteiger partial charge in [-0.25, -0.2) is 4.79 Å². The normalized spacial score (nSPS) is 8.67. The van der Waals surface area contributed by atoms with E-state index in [1.807, 2.05) is 5.27 Å². The standard InChI is InChI=1S/C2H2N2O2/c5-2-1-3-4-6-2/h1,4H. The highest BCUT2D eigenvalue weighted by Gasteiger charge is 1.75. The lowest BCUT2D eigenvalue weighted by molar-refractivity contribution is 0.368. The molecule has 1 aromatic heterocycles. The molecule has 0 unspecified atom stereocenters. The molecule has 0 fully saturated rings. The van der Waals surface area contributed by atoms with Crippen LogP contribution in [0.2, 0.25) is 0 Å². The van der Waals surface area contributed by atoms with Crippen LogP contribution in [0.1, 0.15) is 0 Å². The Labute approximate surface area is 32.7 Å². The van der Waals surface area contributed by atoms with Gasteiger partial charge in [-0.1, -0.05) is 0 Å². The maximum Gasteiger partial charge on any atom is 0.377 e. The second-order valence-corrected chi connectivity index (χ2v) is 0.771. The molecule has 6 heavy (non-hydrogen) atoms. The molecule has 32 valence electrons. The Bertz CT molecular complexity index is 147. The van der Waals surface area contributed by atoms with Crippen molar-refractivity contribution in [3.63, 3.8) is 0 Å². The number of hydrogen-bond donors (Lipinski definition) is 1. The van der Waals surface area contributed by atoms with E-state index in [0.717, 1.165) is 6.20 Å². The van der Waals surface area contributed by atoms with Crippen LogP contribution in [0.3, 0.4) is 0 Å². The van der Waals surface area contributed by atoms with Crippen molar-refractivity contribution in [3.8, 4) is 0 Å². The van der Waals surface area contributed by atoms with Crippen LogP contribution in [0.15, 0.2) is 15.5 Å². The summed E-state index contributed by atoms with van der Waals surface area (Å²) in [5.74, 6) is 0. The van der Waals surface area contributed by atoms with Crippen LogP contribution >= 0.6 is 0 Å². The molecule has 1 heterocycles. The lowest BCUT2D eigenvalue weighted by Crippen LogP contribution is -1.84. The zero-order valence-electron chi connectivity index (χ0n) is 2.84. The first kappa shape index (κ1) is 3.14. The van der Waals surface area contributed by atoms with Gasteiger partial charge in [0, 0.05) is 0 Å². The van der Waals surface area contributed by atoms with E-state index in [4.69, 9.17) is 0 Å². The molecule has 1 N–H and O–H groups in total. The predicted molar refractivity (Wildman–Crippen MR) is 17.1 cm³/mol. The van der Waals surface area contributed by atoms with E-state index in [9.17, 15) is 4.79 Å². The topological polar surface area (TPSA) is 58.9 Å². The molecule has 0 radical (unpaired) electrons. The molecule has 4 heteroatoms. The van der Waals surface area contributed by atoms with E-state index in [1.165, 1.54) is 0 Å². The lowest BCUT2D eigenvalue weighted by Gasteiger charge is -1.51. The van der Waals surface area contributed by atoms with Crippen molar-refractivity contribution in [2.45, 2.75) is 0 Å². The molecule has 0 bridgehead atoms. The first-order valence-corrected chi connectivity index (χ1v) is 1.38. The number of nitrogens with one attached hydrogen (secondary N) is 1. The Morgan fingerprint density at radius 1 is 2.00 bits per heavy atom. The summed E-state index contributed by atoms with van der Waals surface area (Å²) < 4.78 is 4.04. The quantitative estimate of drug-likeness (QED) is 0.457. The van der Waals surface area contributed by atoms with Gasteiger partial charge in [-0.15, -0.1) is 10.4 Å². The third-order valence-electron chi connectivity index (χ3n) is 0.369. The van der Waals surface area contributed by atoms with E-state index in [1.54, 1.807) is 0 Å². The number of rotatable bonds is 0. The van der Waals surface area contributed by atoms with Crippen molar-refractivity contribution in [3.05, 3.63) is 16.6 Å². The number of H-pyrrole nitrogens is 1. The average molecular weight is 86.0 g/mol. The van der Waals surface area contributed by atoms with Crippen LogP contribution in [0.5, 0.6) is 0 Å². The average Bonchev–Trinajstić information content (AvgIpc) is 1.86. The highest BCUT2D eigenvalue weighted by molar-refractivity contribution is 4.54. The summed E-state index contributed by atoms with van der Waals surface area (Å²) in [4.78, 5) is 9.81. The minimum atomic E-state index is -0.449. The summed E-state index contributed by atoms with van der Waals surface area (Å²) in [6.45, 7) is 0. The second kappa shape index (κ2) is 0.965. The Hall–Kier alpha value is -1.06. The van der Waals surface area contributed by atoms with Crippen molar-refractivity contribution in [2.75, 3.05) is 0 Å². The van der Waals surface area contributed by atoms with Crippen LogP contribution in [0.4, 0.5) is 0 Å². The Balaban J connectivity index is 3.41. The Kier molecular flexibility index (Phi) is 0.506. The SMILES string of the molecule is O=c1cn[nH]o1. The molecule has 0 aliphatic rings. The summed E-state index contributed by atoms with van der Waals surface area (Å²) >= 11 is 0. The smallest absolute Gasteiger partial charge is 0.320 e. The Morgan fingerprint density at radius 3 is 3.00 bits per heavy atom. The summed E-state index contributed by atoms with van der Waals surface area (Å²) in [5.41, 5.74) is -0.449. The minimum Gasteiger partial charge on any atom is -0.320 e. The molecule has 0 saturated carbocycles. The molecule has 1 aromatic rings. The third kappa shape index (κ3) is 0.314. The first-order valence-electron chi connectivity index (χ1n) is 1.38. The van der Waals surface area contributed by atoms with Crippen LogP contribution in [-0.2, 0) is 0 Å². The fourth-order valence-electron chi connectivity index (χ4n) is 0.177. The molecule has 0 atom stereocenters. The molecule has 0 saturated heterocycles. The summed E-state index contributed by atoms with van der Waals surface area (Å²) in [6, 6.07) is 0. The largest absolute Gasteiger partial charge is 0.377 e. The molecular formula is C2H2N2O2. The van der Waals surface area contributed by atoms with Gasteiger partial charge in [0.25, 0.3) is 0 Å². The first-order chi connectivity index (χ1) is 2.89. The molecule has 0 aromatic carbocycles. The van der Waals surface area contributed by atoms with Gasteiger partial charge < -0.3 is 4.52 Å². The van der Waals surface area contributed by atoms with Crippen molar-refractivity contribution in [1.29, 1.82) is 0 Å². The van der Waals surface area contributed by atoms with Gasteiger partial charge in [0.1, 0.15) is 6.20 Å².